The molecule has 0 radical (unpaired) electrons. The lowest BCUT2D eigenvalue weighted by Crippen LogP contribution is -2.20. The molecular weight excluding hydrogens is 312 g/mol. The summed E-state index contributed by atoms with van der Waals surface area (Å²) in [6.07, 6.45) is 0.757. The monoisotopic (exact) mass is 334 g/mol. The second kappa shape index (κ2) is 8.70. The van der Waals surface area contributed by atoms with E-state index in [-0.39, 0.29) is 5.97 Å². The zero-order valence-corrected chi connectivity index (χ0v) is 14.7. The molecule has 0 bridgehead atoms. The molecule has 0 unspecified atom stereocenters. The third-order valence-corrected chi connectivity index (χ3v) is 3.87. The maximum Gasteiger partial charge on any atom is 0.333 e. The van der Waals surface area contributed by atoms with Gasteiger partial charge in [-0.15, -0.1) is 0 Å². The Bertz CT molecular complexity index is 771. The molecule has 0 aromatic heterocycles. The first-order valence-electron chi connectivity index (χ1n) is 8.15. The van der Waals surface area contributed by atoms with Crippen LogP contribution in [0.2, 0.25) is 0 Å². The molecule has 2 aromatic carbocycles. The van der Waals surface area contributed by atoms with E-state index in [1.807, 2.05) is 31.3 Å². The van der Waals surface area contributed by atoms with Crippen molar-refractivity contribution in [1.82, 2.24) is 0 Å². The molecule has 4 heteroatoms. The topological polar surface area (TPSA) is 53.3 Å². The Kier molecular flexibility index (Phi) is 6.36. The Labute approximate surface area is 149 Å². The van der Waals surface area contributed by atoms with E-state index >= 15 is 0 Å². The van der Waals surface area contributed by atoms with E-state index in [1.165, 1.54) is 0 Å². The van der Waals surface area contributed by atoms with E-state index in [4.69, 9.17) is 10.00 Å². The van der Waals surface area contributed by atoms with Gasteiger partial charge in [-0.25, -0.2) is 4.79 Å². The molecule has 0 atom stereocenters. The highest BCUT2D eigenvalue weighted by Gasteiger charge is 2.05. The Morgan fingerprint density at radius 2 is 1.68 bits per heavy atom. The normalized spacial score (nSPS) is 9.96. The van der Waals surface area contributed by atoms with E-state index in [1.54, 1.807) is 6.92 Å². The van der Waals surface area contributed by atoms with Gasteiger partial charge < -0.3 is 9.64 Å². The first kappa shape index (κ1) is 18.3. The summed E-state index contributed by atoms with van der Waals surface area (Å²) in [5.41, 5.74) is 4.37. The van der Waals surface area contributed by atoms with Crippen molar-refractivity contribution in [3.63, 3.8) is 0 Å². The molecule has 2 aromatic rings. The number of carbonyl (C=O) groups excluding carboxylic acids is 1. The minimum Gasteiger partial charge on any atom is -0.462 e. The second-order valence-corrected chi connectivity index (χ2v) is 5.93. The molecule has 0 fully saturated rings. The minimum atomic E-state index is -0.338. The van der Waals surface area contributed by atoms with Crippen molar-refractivity contribution in [1.29, 1.82) is 5.26 Å². The molecular formula is C21H22N2O2. The minimum absolute atomic E-state index is 0.338. The first-order valence-corrected chi connectivity index (χ1v) is 8.15. The van der Waals surface area contributed by atoms with Gasteiger partial charge in [0, 0.05) is 24.9 Å². The van der Waals surface area contributed by atoms with Crippen LogP contribution >= 0.6 is 0 Å². The Morgan fingerprint density at radius 3 is 2.20 bits per heavy atom. The van der Waals surface area contributed by atoms with Gasteiger partial charge in [0.15, 0.2) is 0 Å². The van der Waals surface area contributed by atoms with Gasteiger partial charge in [0.25, 0.3) is 0 Å². The van der Waals surface area contributed by atoms with Crippen molar-refractivity contribution in [2.24, 2.45) is 0 Å². The van der Waals surface area contributed by atoms with Gasteiger partial charge in [-0.3, -0.25) is 0 Å². The van der Waals surface area contributed by atoms with Crippen LogP contribution < -0.4 is 4.90 Å². The molecule has 0 spiro atoms. The van der Waals surface area contributed by atoms with Crippen LogP contribution in [0, 0.1) is 11.3 Å². The van der Waals surface area contributed by atoms with Crippen molar-refractivity contribution in [2.75, 3.05) is 25.1 Å². The van der Waals surface area contributed by atoms with Crippen LogP contribution in [0.3, 0.4) is 0 Å². The van der Waals surface area contributed by atoms with Crippen LogP contribution in [0.1, 0.15) is 18.9 Å². The highest BCUT2D eigenvalue weighted by Crippen LogP contribution is 2.23. The number of carbonyl (C=O) groups is 1. The van der Waals surface area contributed by atoms with Gasteiger partial charge in [0.1, 0.15) is 0 Å². The first-order chi connectivity index (χ1) is 12.0. The Morgan fingerprint density at radius 1 is 1.12 bits per heavy atom. The number of benzene rings is 2. The van der Waals surface area contributed by atoms with Crippen molar-refractivity contribution in [2.45, 2.75) is 13.3 Å². The SMILES string of the molecule is C=C(C)C(=O)OCCCN(C)c1ccc(-c2ccc(C#N)cc2)cc1. The van der Waals surface area contributed by atoms with Gasteiger partial charge in [0.05, 0.1) is 18.2 Å². The molecule has 0 saturated carbocycles. The molecule has 2 rings (SSSR count). The Hall–Kier alpha value is -3.06. The second-order valence-electron chi connectivity index (χ2n) is 5.93. The van der Waals surface area contributed by atoms with Gasteiger partial charge in [-0.05, 0) is 48.7 Å². The number of rotatable bonds is 7. The lowest BCUT2D eigenvalue weighted by Gasteiger charge is -2.19. The van der Waals surface area contributed by atoms with E-state index < -0.39 is 0 Å². The van der Waals surface area contributed by atoms with Crippen LogP contribution in [0.5, 0.6) is 0 Å². The maximum absolute atomic E-state index is 11.3. The van der Waals surface area contributed by atoms with Crippen LogP contribution in [0.4, 0.5) is 5.69 Å². The number of hydrogen-bond acceptors (Lipinski definition) is 4. The summed E-state index contributed by atoms with van der Waals surface area (Å²) in [6.45, 7) is 6.38. The van der Waals surface area contributed by atoms with Gasteiger partial charge in [-0.2, -0.15) is 5.26 Å². The third kappa shape index (κ3) is 5.22. The van der Waals surface area contributed by atoms with Crippen LogP contribution in [-0.2, 0) is 9.53 Å². The van der Waals surface area contributed by atoms with E-state index in [0.717, 1.165) is 29.8 Å². The number of nitriles is 1. The summed E-state index contributed by atoms with van der Waals surface area (Å²) in [6, 6.07) is 17.9. The quantitative estimate of drug-likeness (QED) is 0.433. The summed E-state index contributed by atoms with van der Waals surface area (Å²) < 4.78 is 5.10. The van der Waals surface area contributed by atoms with Crippen molar-refractivity contribution in [3.05, 3.63) is 66.2 Å². The number of esters is 1. The molecule has 0 aliphatic carbocycles. The molecule has 128 valence electrons. The number of hydrogen-bond donors (Lipinski definition) is 0. The Balaban J connectivity index is 1.89. The van der Waals surface area contributed by atoms with Crippen LogP contribution in [-0.4, -0.2) is 26.2 Å². The molecule has 0 saturated heterocycles. The fourth-order valence-corrected chi connectivity index (χ4v) is 2.36. The molecule has 0 N–H and O–H groups in total. The van der Waals surface area contributed by atoms with Crippen molar-refractivity contribution >= 4 is 11.7 Å². The highest BCUT2D eigenvalue weighted by molar-refractivity contribution is 5.86. The third-order valence-electron chi connectivity index (χ3n) is 3.87. The maximum atomic E-state index is 11.3. The van der Waals surface area contributed by atoms with Gasteiger partial charge in [-0.1, -0.05) is 30.8 Å². The fraction of sp³-hybridized carbons (Fsp3) is 0.238. The van der Waals surface area contributed by atoms with Crippen molar-refractivity contribution < 1.29 is 9.53 Å². The number of nitrogens with zero attached hydrogens (tertiary/aromatic N) is 2. The van der Waals surface area contributed by atoms with E-state index in [2.05, 4.69) is 41.8 Å². The van der Waals surface area contributed by atoms with Gasteiger partial charge in [0.2, 0.25) is 0 Å². The van der Waals surface area contributed by atoms with E-state index in [9.17, 15) is 4.79 Å². The molecule has 4 nitrogen and oxygen atoms in total. The lowest BCUT2D eigenvalue weighted by atomic mass is 10.0. The molecule has 0 amide bonds. The predicted octanol–water partition coefficient (Wildman–Crippen LogP) is 4.17. The molecule has 25 heavy (non-hydrogen) atoms. The molecule has 0 heterocycles. The highest BCUT2D eigenvalue weighted by atomic mass is 16.5. The molecule has 0 aliphatic heterocycles. The van der Waals surface area contributed by atoms with Gasteiger partial charge >= 0.3 is 5.97 Å². The standard InChI is InChI=1S/C21H22N2O2/c1-16(2)21(24)25-14-4-13-23(3)20-11-9-19(10-12-20)18-7-5-17(15-22)6-8-18/h5-12H,1,4,13-14H2,2-3H3. The largest absolute Gasteiger partial charge is 0.462 e. The van der Waals surface area contributed by atoms with Crippen molar-refractivity contribution in [3.8, 4) is 17.2 Å². The summed E-state index contributed by atoms with van der Waals surface area (Å²) in [5, 5.41) is 8.86. The summed E-state index contributed by atoms with van der Waals surface area (Å²) >= 11 is 0. The summed E-state index contributed by atoms with van der Waals surface area (Å²) in [4.78, 5) is 13.4. The average Bonchev–Trinajstić information content (AvgIpc) is 2.65. The summed E-state index contributed by atoms with van der Waals surface area (Å²) in [7, 11) is 2.01. The fourth-order valence-electron chi connectivity index (χ4n) is 2.36. The molecule has 0 aliphatic rings. The zero-order valence-electron chi connectivity index (χ0n) is 14.7. The lowest BCUT2D eigenvalue weighted by molar-refractivity contribution is -0.138. The van der Waals surface area contributed by atoms with Crippen LogP contribution in [0.25, 0.3) is 11.1 Å². The zero-order chi connectivity index (χ0) is 18.2. The predicted molar refractivity (Wildman–Crippen MR) is 100 cm³/mol. The number of ether oxygens (including phenoxy) is 1. The van der Waals surface area contributed by atoms with Crippen LogP contribution in [0.15, 0.2) is 60.7 Å². The van der Waals surface area contributed by atoms with E-state index in [0.29, 0.717) is 17.7 Å². The summed E-state index contributed by atoms with van der Waals surface area (Å²) in [5.74, 6) is -0.338. The average molecular weight is 334 g/mol. The number of anilines is 1. The smallest absolute Gasteiger partial charge is 0.333 e.